The molecule has 0 saturated carbocycles. The van der Waals surface area contributed by atoms with Gasteiger partial charge in [0.15, 0.2) is 0 Å². The SMILES string of the molecule is C=CCCC(O)CN(Cc1ccccc1)Cc1c(C)nn(-c2ccccc2)c1Oc1ccc(OC)cc1. The van der Waals surface area contributed by atoms with Gasteiger partial charge in [-0.25, -0.2) is 4.68 Å². The number of benzene rings is 3. The topological polar surface area (TPSA) is 59.8 Å². The van der Waals surface area contributed by atoms with E-state index in [-0.39, 0.29) is 0 Å². The largest absolute Gasteiger partial charge is 0.497 e. The quantitative estimate of drug-likeness (QED) is 0.219. The Morgan fingerprint density at radius 2 is 1.59 bits per heavy atom. The van der Waals surface area contributed by atoms with Gasteiger partial charge in [-0.15, -0.1) is 6.58 Å². The summed E-state index contributed by atoms with van der Waals surface area (Å²) in [6, 6.07) is 27.8. The Morgan fingerprint density at radius 3 is 2.24 bits per heavy atom. The van der Waals surface area contributed by atoms with Crippen LogP contribution in [0.15, 0.2) is 97.6 Å². The van der Waals surface area contributed by atoms with Crippen LogP contribution in [0, 0.1) is 6.92 Å². The van der Waals surface area contributed by atoms with Crippen LogP contribution in [0.2, 0.25) is 0 Å². The second-order valence-corrected chi connectivity index (χ2v) is 9.07. The molecule has 4 rings (SSSR count). The molecule has 6 nitrogen and oxygen atoms in total. The maximum Gasteiger partial charge on any atom is 0.227 e. The highest BCUT2D eigenvalue weighted by molar-refractivity contribution is 5.44. The number of allylic oxidation sites excluding steroid dienone is 1. The molecule has 1 atom stereocenters. The van der Waals surface area contributed by atoms with Crippen molar-refractivity contribution in [2.24, 2.45) is 0 Å². The van der Waals surface area contributed by atoms with Crippen LogP contribution in [0.3, 0.4) is 0 Å². The van der Waals surface area contributed by atoms with E-state index in [0.717, 1.165) is 29.1 Å². The third-order valence-electron chi connectivity index (χ3n) is 6.22. The van der Waals surface area contributed by atoms with Crippen LogP contribution in [0.5, 0.6) is 17.4 Å². The average molecular weight is 498 g/mol. The van der Waals surface area contributed by atoms with E-state index in [1.54, 1.807) is 7.11 Å². The summed E-state index contributed by atoms with van der Waals surface area (Å²) in [5, 5.41) is 15.6. The van der Waals surface area contributed by atoms with Gasteiger partial charge in [-0.2, -0.15) is 5.10 Å². The van der Waals surface area contributed by atoms with Gasteiger partial charge in [0.25, 0.3) is 0 Å². The van der Waals surface area contributed by atoms with E-state index in [4.69, 9.17) is 14.6 Å². The predicted molar refractivity (Wildman–Crippen MR) is 147 cm³/mol. The molecule has 1 unspecified atom stereocenters. The molecule has 1 heterocycles. The molecule has 192 valence electrons. The van der Waals surface area contributed by atoms with Gasteiger partial charge in [0, 0.05) is 19.6 Å². The lowest BCUT2D eigenvalue weighted by molar-refractivity contribution is 0.0978. The van der Waals surface area contributed by atoms with Crippen molar-refractivity contribution in [2.75, 3.05) is 13.7 Å². The Hall–Kier alpha value is -3.87. The lowest BCUT2D eigenvalue weighted by atomic mass is 10.1. The molecule has 0 amide bonds. The van der Waals surface area contributed by atoms with E-state index in [0.29, 0.717) is 37.7 Å². The van der Waals surface area contributed by atoms with Gasteiger partial charge in [-0.05, 0) is 61.7 Å². The lowest BCUT2D eigenvalue weighted by Gasteiger charge is -2.25. The first-order valence-corrected chi connectivity index (χ1v) is 12.6. The minimum absolute atomic E-state index is 0.461. The minimum atomic E-state index is -0.461. The zero-order valence-electron chi connectivity index (χ0n) is 21.6. The number of aromatic nitrogens is 2. The van der Waals surface area contributed by atoms with E-state index < -0.39 is 6.10 Å². The number of para-hydroxylation sites is 1. The van der Waals surface area contributed by atoms with Crippen molar-refractivity contribution < 1.29 is 14.6 Å². The van der Waals surface area contributed by atoms with Gasteiger partial charge < -0.3 is 14.6 Å². The molecule has 4 aromatic rings. The van der Waals surface area contributed by atoms with E-state index >= 15 is 0 Å². The molecular formula is C31H35N3O3. The number of nitrogens with zero attached hydrogens (tertiary/aromatic N) is 3. The Morgan fingerprint density at radius 1 is 0.946 bits per heavy atom. The Kier molecular flexibility index (Phi) is 9.13. The highest BCUT2D eigenvalue weighted by Crippen LogP contribution is 2.32. The van der Waals surface area contributed by atoms with Crippen molar-refractivity contribution in [1.29, 1.82) is 0 Å². The molecule has 0 saturated heterocycles. The molecule has 0 aliphatic heterocycles. The first kappa shape index (κ1) is 26.2. The summed E-state index contributed by atoms with van der Waals surface area (Å²) >= 11 is 0. The van der Waals surface area contributed by atoms with Gasteiger partial charge in [0.1, 0.15) is 11.5 Å². The van der Waals surface area contributed by atoms with Gasteiger partial charge in [0.05, 0.1) is 30.2 Å². The summed E-state index contributed by atoms with van der Waals surface area (Å²) in [6.45, 7) is 7.60. The van der Waals surface area contributed by atoms with Crippen LogP contribution >= 0.6 is 0 Å². The van der Waals surface area contributed by atoms with Crippen LogP contribution in [0.1, 0.15) is 29.7 Å². The van der Waals surface area contributed by atoms with E-state index in [1.165, 1.54) is 5.56 Å². The highest BCUT2D eigenvalue weighted by atomic mass is 16.5. The predicted octanol–water partition coefficient (Wildman–Crippen LogP) is 6.31. The van der Waals surface area contributed by atoms with Crippen molar-refractivity contribution in [3.05, 3.63) is 114 Å². The van der Waals surface area contributed by atoms with Crippen molar-refractivity contribution in [3.8, 4) is 23.1 Å². The van der Waals surface area contributed by atoms with Crippen molar-refractivity contribution >= 4 is 0 Å². The molecular weight excluding hydrogens is 462 g/mol. The standard InChI is InChI=1S/C31H35N3O3/c1-4-5-16-27(35)22-33(21-25-12-8-6-9-13-25)23-30-24(2)32-34(26-14-10-7-11-15-26)31(30)37-29-19-17-28(36-3)18-20-29/h4,6-15,17-20,27,35H,1,5,16,21-23H2,2-3H3. The molecule has 1 aromatic heterocycles. The fourth-order valence-electron chi connectivity index (χ4n) is 4.27. The van der Waals surface area contributed by atoms with Crippen molar-refractivity contribution in [1.82, 2.24) is 14.7 Å². The Labute approximate surface area is 219 Å². The normalized spacial score (nSPS) is 11.9. The molecule has 0 radical (unpaired) electrons. The maximum absolute atomic E-state index is 10.8. The van der Waals surface area contributed by atoms with Crippen molar-refractivity contribution in [2.45, 2.75) is 39.0 Å². The van der Waals surface area contributed by atoms with Gasteiger partial charge in [0.2, 0.25) is 5.88 Å². The molecule has 3 aromatic carbocycles. The molecule has 6 heteroatoms. The first-order valence-electron chi connectivity index (χ1n) is 12.6. The van der Waals surface area contributed by atoms with Crippen LogP contribution in [0.4, 0.5) is 0 Å². The third kappa shape index (κ3) is 7.09. The Balaban J connectivity index is 1.69. The van der Waals surface area contributed by atoms with Gasteiger partial charge >= 0.3 is 0 Å². The molecule has 0 aliphatic carbocycles. The summed E-state index contributed by atoms with van der Waals surface area (Å²) in [6.07, 6.45) is 2.83. The maximum atomic E-state index is 10.8. The van der Waals surface area contributed by atoms with E-state index in [2.05, 4.69) is 23.6 Å². The summed E-state index contributed by atoms with van der Waals surface area (Å²) in [7, 11) is 1.65. The second-order valence-electron chi connectivity index (χ2n) is 9.07. The number of hydrogen-bond acceptors (Lipinski definition) is 5. The molecule has 0 fully saturated rings. The van der Waals surface area contributed by atoms with Gasteiger partial charge in [-0.3, -0.25) is 4.90 Å². The van der Waals surface area contributed by atoms with Crippen LogP contribution in [0.25, 0.3) is 5.69 Å². The van der Waals surface area contributed by atoms with Gasteiger partial charge in [-0.1, -0.05) is 54.6 Å². The monoisotopic (exact) mass is 497 g/mol. The highest BCUT2D eigenvalue weighted by Gasteiger charge is 2.23. The summed E-state index contributed by atoms with van der Waals surface area (Å²) in [5.74, 6) is 2.12. The minimum Gasteiger partial charge on any atom is -0.497 e. The van der Waals surface area contributed by atoms with Crippen LogP contribution in [-0.2, 0) is 13.1 Å². The number of aliphatic hydroxyl groups excluding tert-OH is 1. The molecule has 0 spiro atoms. The zero-order chi connectivity index (χ0) is 26.0. The number of ether oxygens (including phenoxy) is 2. The molecule has 0 bridgehead atoms. The molecule has 1 N–H and O–H groups in total. The Bertz CT molecular complexity index is 1250. The van der Waals surface area contributed by atoms with E-state index in [1.807, 2.05) is 90.5 Å². The lowest BCUT2D eigenvalue weighted by Crippen LogP contribution is -2.32. The molecule has 37 heavy (non-hydrogen) atoms. The third-order valence-corrected chi connectivity index (χ3v) is 6.22. The molecule has 0 aliphatic rings. The smallest absolute Gasteiger partial charge is 0.227 e. The zero-order valence-corrected chi connectivity index (χ0v) is 21.6. The number of rotatable bonds is 13. The van der Waals surface area contributed by atoms with Crippen LogP contribution in [-0.4, -0.2) is 39.5 Å². The summed E-state index contributed by atoms with van der Waals surface area (Å²) in [5.41, 5.74) is 3.96. The van der Waals surface area contributed by atoms with Crippen molar-refractivity contribution in [3.63, 3.8) is 0 Å². The number of aryl methyl sites for hydroxylation is 1. The number of aliphatic hydroxyl groups is 1. The fraction of sp³-hybridized carbons (Fsp3) is 0.258. The van der Waals surface area contributed by atoms with E-state index in [9.17, 15) is 5.11 Å². The average Bonchev–Trinajstić information content (AvgIpc) is 3.23. The second kappa shape index (κ2) is 12.9. The number of methoxy groups -OCH3 is 1. The first-order chi connectivity index (χ1) is 18.1. The van der Waals surface area contributed by atoms with Crippen LogP contribution < -0.4 is 9.47 Å². The number of hydrogen-bond donors (Lipinski definition) is 1. The fourth-order valence-corrected chi connectivity index (χ4v) is 4.27. The summed E-state index contributed by atoms with van der Waals surface area (Å²) < 4.78 is 13.6. The summed E-state index contributed by atoms with van der Waals surface area (Å²) in [4.78, 5) is 2.25.